The average Bonchev–Trinajstić information content (AvgIpc) is 2.67. The Bertz CT molecular complexity index is 247. The molecule has 1 aliphatic heterocycles. The van der Waals surface area contributed by atoms with Crippen LogP contribution in [0.4, 0.5) is 0 Å². The van der Waals surface area contributed by atoms with Crippen molar-refractivity contribution >= 4 is 0 Å². The van der Waals surface area contributed by atoms with E-state index in [-0.39, 0.29) is 6.10 Å². The van der Waals surface area contributed by atoms with Gasteiger partial charge in [-0.1, -0.05) is 13.8 Å². The van der Waals surface area contributed by atoms with Gasteiger partial charge >= 0.3 is 0 Å². The second kappa shape index (κ2) is 6.19. The zero-order chi connectivity index (χ0) is 12.0. The summed E-state index contributed by atoms with van der Waals surface area (Å²) in [4.78, 5) is 2.35. The Morgan fingerprint density at radius 1 is 1.50 bits per heavy atom. The van der Waals surface area contributed by atoms with Crippen LogP contribution in [0.3, 0.4) is 0 Å². The Morgan fingerprint density at radius 3 is 2.62 bits per heavy atom. The number of rotatable bonds is 6. The molecule has 4 heteroatoms. The standard InChI is InChI=1S/C12H23N3O/c1-4-15(5-2)8-7-14-12(10-13)6-9-16-11(12)3/h11,14H,4-9H2,1-3H3. The Balaban J connectivity index is 2.38. The van der Waals surface area contributed by atoms with Gasteiger partial charge in [-0.3, -0.25) is 5.32 Å². The third-order valence-electron chi connectivity index (χ3n) is 3.52. The van der Waals surface area contributed by atoms with Gasteiger partial charge in [-0.2, -0.15) is 5.26 Å². The van der Waals surface area contributed by atoms with E-state index in [0.717, 1.165) is 32.6 Å². The van der Waals surface area contributed by atoms with Crippen LogP contribution in [0, 0.1) is 11.3 Å². The Kier molecular flexibility index (Phi) is 5.20. The van der Waals surface area contributed by atoms with Gasteiger partial charge in [0.2, 0.25) is 0 Å². The third-order valence-corrected chi connectivity index (χ3v) is 3.52. The summed E-state index contributed by atoms with van der Waals surface area (Å²) in [6.07, 6.45) is 0.789. The molecule has 1 fully saturated rings. The zero-order valence-electron chi connectivity index (χ0n) is 10.6. The molecule has 16 heavy (non-hydrogen) atoms. The summed E-state index contributed by atoms with van der Waals surface area (Å²) in [5.41, 5.74) is -0.465. The maximum atomic E-state index is 9.26. The van der Waals surface area contributed by atoms with Crippen LogP contribution in [0.2, 0.25) is 0 Å². The predicted octanol–water partition coefficient (Wildman–Crippen LogP) is 0.989. The van der Waals surface area contributed by atoms with Crippen molar-refractivity contribution in [3.63, 3.8) is 0 Å². The van der Waals surface area contributed by atoms with Crippen molar-refractivity contribution in [1.82, 2.24) is 10.2 Å². The highest BCUT2D eigenvalue weighted by molar-refractivity contribution is 5.13. The van der Waals surface area contributed by atoms with E-state index in [2.05, 4.69) is 30.1 Å². The third kappa shape index (κ3) is 2.94. The van der Waals surface area contributed by atoms with E-state index in [1.165, 1.54) is 0 Å². The second-order valence-electron chi connectivity index (χ2n) is 4.30. The normalized spacial score (nSPS) is 29.6. The summed E-state index contributed by atoms with van der Waals surface area (Å²) in [5, 5.41) is 12.6. The highest BCUT2D eigenvalue weighted by Crippen LogP contribution is 2.24. The molecule has 2 unspecified atom stereocenters. The fourth-order valence-corrected chi connectivity index (χ4v) is 2.14. The molecular formula is C12H23N3O. The highest BCUT2D eigenvalue weighted by Gasteiger charge is 2.41. The van der Waals surface area contributed by atoms with E-state index in [9.17, 15) is 5.26 Å². The van der Waals surface area contributed by atoms with E-state index in [1.807, 2.05) is 6.92 Å². The van der Waals surface area contributed by atoms with Gasteiger partial charge in [-0.25, -0.2) is 0 Å². The minimum atomic E-state index is -0.465. The van der Waals surface area contributed by atoms with Gasteiger partial charge in [0, 0.05) is 26.1 Å². The molecule has 1 saturated heterocycles. The van der Waals surface area contributed by atoms with Crippen molar-refractivity contribution in [2.75, 3.05) is 32.8 Å². The summed E-state index contributed by atoms with van der Waals surface area (Å²) in [6, 6.07) is 2.38. The lowest BCUT2D eigenvalue weighted by Crippen LogP contribution is -2.51. The maximum Gasteiger partial charge on any atom is 0.135 e. The van der Waals surface area contributed by atoms with E-state index in [0.29, 0.717) is 6.61 Å². The smallest absolute Gasteiger partial charge is 0.135 e. The number of likely N-dealkylation sites (N-methyl/N-ethyl adjacent to an activating group) is 1. The maximum absolute atomic E-state index is 9.26. The Hall–Kier alpha value is -0.630. The molecule has 1 rings (SSSR count). The van der Waals surface area contributed by atoms with E-state index >= 15 is 0 Å². The second-order valence-corrected chi connectivity index (χ2v) is 4.30. The van der Waals surface area contributed by atoms with E-state index in [1.54, 1.807) is 0 Å². The Morgan fingerprint density at radius 2 is 2.19 bits per heavy atom. The van der Waals surface area contributed by atoms with Crippen LogP contribution in [0.5, 0.6) is 0 Å². The van der Waals surface area contributed by atoms with Crippen molar-refractivity contribution in [3.8, 4) is 6.07 Å². The molecule has 0 saturated carbocycles. The van der Waals surface area contributed by atoms with Crippen LogP contribution in [-0.2, 0) is 4.74 Å². The Labute approximate surface area is 98.6 Å². The number of nitrogens with zero attached hydrogens (tertiary/aromatic N) is 2. The molecule has 0 spiro atoms. The van der Waals surface area contributed by atoms with Crippen LogP contribution in [0.15, 0.2) is 0 Å². The average molecular weight is 225 g/mol. The topological polar surface area (TPSA) is 48.3 Å². The minimum absolute atomic E-state index is 0.00537. The molecule has 1 heterocycles. The van der Waals surface area contributed by atoms with Crippen molar-refractivity contribution in [3.05, 3.63) is 0 Å². The lowest BCUT2D eigenvalue weighted by Gasteiger charge is -2.27. The SMILES string of the molecule is CCN(CC)CCNC1(C#N)CCOC1C. The lowest BCUT2D eigenvalue weighted by atomic mass is 9.94. The molecule has 2 atom stereocenters. The molecule has 0 aliphatic carbocycles. The monoisotopic (exact) mass is 225 g/mol. The summed E-state index contributed by atoms with van der Waals surface area (Å²) in [5.74, 6) is 0. The summed E-state index contributed by atoms with van der Waals surface area (Å²) < 4.78 is 5.47. The van der Waals surface area contributed by atoms with Crippen LogP contribution in [0.1, 0.15) is 27.2 Å². The predicted molar refractivity (Wildman–Crippen MR) is 64.2 cm³/mol. The van der Waals surface area contributed by atoms with Gasteiger partial charge < -0.3 is 9.64 Å². The van der Waals surface area contributed by atoms with Gasteiger partial charge in [0.25, 0.3) is 0 Å². The van der Waals surface area contributed by atoms with Gasteiger partial charge in [0.1, 0.15) is 5.54 Å². The van der Waals surface area contributed by atoms with Crippen molar-refractivity contribution < 1.29 is 4.74 Å². The number of ether oxygens (including phenoxy) is 1. The highest BCUT2D eigenvalue weighted by atomic mass is 16.5. The molecule has 0 bridgehead atoms. The quantitative estimate of drug-likeness (QED) is 0.732. The van der Waals surface area contributed by atoms with Crippen molar-refractivity contribution in [2.45, 2.75) is 38.8 Å². The van der Waals surface area contributed by atoms with Crippen molar-refractivity contribution in [1.29, 1.82) is 5.26 Å². The van der Waals surface area contributed by atoms with Crippen LogP contribution in [0.25, 0.3) is 0 Å². The largest absolute Gasteiger partial charge is 0.375 e. The van der Waals surface area contributed by atoms with Gasteiger partial charge in [-0.05, 0) is 20.0 Å². The molecule has 0 aromatic rings. The molecule has 0 amide bonds. The molecule has 0 aromatic carbocycles. The molecule has 92 valence electrons. The summed E-state index contributed by atoms with van der Waals surface area (Å²) in [7, 11) is 0. The fraction of sp³-hybridized carbons (Fsp3) is 0.917. The first-order chi connectivity index (χ1) is 7.68. The lowest BCUT2D eigenvalue weighted by molar-refractivity contribution is 0.0978. The molecule has 0 aromatic heterocycles. The fourth-order valence-electron chi connectivity index (χ4n) is 2.14. The van der Waals surface area contributed by atoms with Gasteiger partial charge in [-0.15, -0.1) is 0 Å². The van der Waals surface area contributed by atoms with Gasteiger partial charge in [0.05, 0.1) is 12.2 Å². The van der Waals surface area contributed by atoms with Crippen molar-refractivity contribution in [2.24, 2.45) is 0 Å². The van der Waals surface area contributed by atoms with E-state index in [4.69, 9.17) is 4.74 Å². The summed E-state index contributed by atoms with van der Waals surface area (Å²) >= 11 is 0. The first kappa shape index (κ1) is 13.4. The van der Waals surface area contributed by atoms with Crippen LogP contribution in [-0.4, -0.2) is 49.3 Å². The first-order valence-corrected chi connectivity index (χ1v) is 6.18. The number of hydrogen-bond donors (Lipinski definition) is 1. The molecule has 1 aliphatic rings. The first-order valence-electron chi connectivity index (χ1n) is 6.18. The zero-order valence-corrected chi connectivity index (χ0v) is 10.6. The van der Waals surface area contributed by atoms with E-state index < -0.39 is 5.54 Å². The molecular weight excluding hydrogens is 202 g/mol. The number of hydrogen-bond acceptors (Lipinski definition) is 4. The molecule has 4 nitrogen and oxygen atoms in total. The minimum Gasteiger partial charge on any atom is -0.375 e. The number of nitrogens with one attached hydrogen (secondary N) is 1. The van der Waals surface area contributed by atoms with Crippen LogP contribution >= 0.6 is 0 Å². The molecule has 0 radical (unpaired) electrons. The molecule has 1 N–H and O–H groups in total. The van der Waals surface area contributed by atoms with Crippen LogP contribution < -0.4 is 5.32 Å². The number of nitriles is 1. The summed E-state index contributed by atoms with van der Waals surface area (Å²) in [6.45, 7) is 10.9. The van der Waals surface area contributed by atoms with Gasteiger partial charge in [0.15, 0.2) is 0 Å².